The number of hydrogen-bond acceptors (Lipinski definition) is 6. The van der Waals surface area contributed by atoms with Crippen molar-refractivity contribution >= 4 is 34.3 Å². The van der Waals surface area contributed by atoms with Crippen LogP contribution in [0.2, 0.25) is 0 Å². The Morgan fingerprint density at radius 2 is 1.65 bits per heavy atom. The molecule has 0 bridgehead atoms. The van der Waals surface area contributed by atoms with Gasteiger partial charge < -0.3 is 20.4 Å². The maximum absolute atomic E-state index is 15.1. The standard InChI is InChI=1S/C37H45N5O4/c1-25(38-2)35(45)40-33(29-14-7-4-8-15-29)34(44)37-24-41(20-19-26-11-5-3-6-12-26)36(46)31(42(37)32(43)23-39-37)22-27-17-18-28-13-9-10-16-30(28)21-27/h3,5-6,9-13,16-18,21,25,29,31,33,38-39H,4,7-8,14-15,19-20,22-24H2,1-2H3,(H,40,45)/t25-,31-,33-,37+/m0/s1. The van der Waals surface area contributed by atoms with Gasteiger partial charge in [-0.1, -0.05) is 92.1 Å². The summed E-state index contributed by atoms with van der Waals surface area (Å²) in [5.41, 5.74) is 0.567. The Balaban J connectivity index is 1.38. The average Bonchev–Trinajstić information content (AvgIpc) is 3.44. The van der Waals surface area contributed by atoms with E-state index in [1.54, 1.807) is 18.9 Å². The molecule has 2 heterocycles. The fraction of sp³-hybridized carbons (Fsp3) is 0.459. The van der Waals surface area contributed by atoms with Crippen molar-refractivity contribution in [1.29, 1.82) is 0 Å². The molecular formula is C37H45N5O4. The number of benzene rings is 3. The van der Waals surface area contributed by atoms with Crippen molar-refractivity contribution in [3.05, 3.63) is 83.9 Å². The van der Waals surface area contributed by atoms with Crippen LogP contribution in [0.15, 0.2) is 72.8 Å². The predicted octanol–water partition coefficient (Wildman–Crippen LogP) is 3.21. The Kier molecular flexibility index (Phi) is 9.52. The second-order valence-electron chi connectivity index (χ2n) is 13.1. The Bertz CT molecular complexity index is 1590. The van der Waals surface area contributed by atoms with Gasteiger partial charge >= 0.3 is 0 Å². The van der Waals surface area contributed by atoms with Crippen LogP contribution in [0.4, 0.5) is 0 Å². The molecule has 3 amide bonds. The quantitative estimate of drug-likeness (QED) is 0.303. The molecule has 3 fully saturated rings. The smallest absolute Gasteiger partial charge is 0.245 e. The third-order valence-electron chi connectivity index (χ3n) is 10.2. The van der Waals surface area contributed by atoms with E-state index in [1.165, 1.54) is 4.90 Å². The van der Waals surface area contributed by atoms with Crippen molar-refractivity contribution in [2.45, 2.75) is 75.7 Å². The molecule has 3 aromatic rings. The number of nitrogens with one attached hydrogen (secondary N) is 3. The zero-order valence-electron chi connectivity index (χ0n) is 26.8. The van der Waals surface area contributed by atoms with Crippen LogP contribution in [-0.4, -0.2) is 83.8 Å². The minimum Gasteiger partial charge on any atom is -0.345 e. The molecule has 4 atom stereocenters. The summed E-state index contributed by atoms with van der Waals surface area (Å²) >= 11 is 0. The first kappa shape index (κ1) is 31.9. The van der Waals surface area contributed by atoms with Gasteiger partial charge in [-0.05, 0) is 61.1 Å². The van der Waals surface area contributed by atoms with Crippen LogP contribution in [0.3, 0.4) is 0 Å². The Hall–Kier alpha value is -4.08. The number of Topliss-reactive ketones (excluding diaryl/α,β-unsaturated/α-hetero) is 1. The van der Waals surface area contributed by atoms with Crippen LogP contribution in [0.25, 0.3) is 10.8 Å². The van der Waals surface area contributed by atoms with E-state index in [0.29, 0.717) is 13.0 Å². The molecule has 1 aliphatic carbocycles. The third-order valence-corrected chi connectivity index (χ3v) is 10.2. The number of amides is 3. The topological polar surface area (TPSA) is 111 Å². The van der Waals surface area contributed by atoms with E-state index in [9.17, 15) is 14.4 Å². The summed E-state index contributed by atoms with van der Waals surface area (Å²) in [7, 11) is 1.72. The van der Waals surface area contributed by atoms with Gasteiger partial charge in [0.2, 0.25) is 17.7 Å². The van der Waals surface area contributed by atoms with E-state index >= 15 is 4.79 Å². The summed E-state index contributed by atoms with van der Waals surface area (Å²) in [6, 6.07) is 22.0. The van der Waals surface area contributed by atoms with Gasteiger partial charge in [-0.25, -0.2) is 0 Å². The lowest BCUT2D eigenvalue weighted by atomic mass is 9.78. The van der Waals surface area contributed by atoms with Crippen molar-refractivity contribution in [1.82, 2.24) is 25.8 Å². The van der Waals surface area contributed by atoms with Crippen LogP contribution in [-0.2, 0) is 32.0 Å². The Morgan fingerprint density at radius 3 is 2.39 bits per heavy atom. The first-order valence-corrected chi connectivity index (χ1v) is 16.7. The maximum Gasteiger partial charge on any atom is 0.245 e. The van der Waals surface area contributed by atoms with Gasteiger partial charge in [0.25, 0.3) is 0 Å². The number of piperazine rings is 1. The molecule has 2 saturated heterocycles. The molecule has 46 heavy (non-hydrogen) atoms. The molecule has 9 heteroatoms. The van der Waals surface area contributed by atoms with Gasteiger partial charge in [0.15, 0.2) is 11.4 Å². The Labute approximate surface area is 271 Å². The molecule has 3 aliphatic rings. The van der Waals surface area contributed by atoms with E-state index in [1.807, 2.05) is 66.7 Å². The third kappa shape index (κ3) is 6.31. The van der Waals surface area contributed by atoms with Crippen LogP contribution in [0.1, 0.15) is 50.2 Å². The van der Waals surface area contributed by atoms with E-state index in [2.05, 4.69) is 22.0 Å². The maximum atomic E-state index is 15.1. The molecule has 2 aliphatic heterocycles. The molecule has 0 unspecified atom stereocenters. The SMILES string of the molecule is CN[C@@H](C)C(=O)N[C@H](C(=O)[C@@]12CN(CCc3ccccc3)C(=O)[C@H](Cc3ccc4ccccc4c3)N1C(=O)CN2)C1CCCCC1. The van der Waals surface area contributed by atoms with Crippen molar-refractivity contribution in [3.8, 4) is 0 Å². The van der Waals surface area contributed by atoms with Crippen LogP contribution in [0.5, 0.6) is 0 Å². The summed E-state index contributed by atoms with van der Waals surface area (Å²) in [5, 5.41) is 11.5. The number of carbonyl (C=O) groups excluding carboxylic acids is 4. The van der Waals surface area contributed by atoms with Gasteiger partial charge in [-0.15, -0.1) is 0 Å². The number of carbonyl (C=O) groups is 4. The van der Waals surface area contributed by atoms with E-state index in [-0.39, 0.29) is 48.9 Å². The van der Waals surface area contributed by atoms with Gasteiger partial charge in [-0.3, -0.25) is 24.5 Å². The highest BCUT2D eigenvalue weighted by Gasteiger charge is 2.61. The normalized spacial score (nSPS) is 23.3. The lowest BCUT2D eigenvalue weighted by Crippen LogP contribution is -2.76. The van der Waals surface area contributed by atoms with Crippen molar-refractivity contribution < 1.29 is 19.2 Å². The zero-order valence-corrected chi connectivity index (χ0v) is 26.8. The fourth-order valence-electron chi connectivity index (χ4n) is 7.53. The molecule has 1 saturated carbocycles. The van der Waals surface area contributed by atoms with Crippen molar-refractivity contribution in [2.75, 3.05) is 26.7 Å². The van der Waals surface area contributed by atoms with Crippen LogP contribution < -0.4 is 16.0 Å². The summed E-state index contributed by atoms with van der Waals surface area (Å²) < 4.78 is 0. The molecule has 3 aromatic carbocycles. The summed E-state index contributed by atoms with van der Waals surface area (Å²) in [4.78, 5) is 59.8. The van der Waals surface area contributed by atoms with Crippen molar-refractivity contribution in [2.24, 2.45) is 5.92 Å². The summed E-state index contributed by atoms with van der Waals surface area (Å²) in [6.07, 6.45) is 5.63. The number of rotatable bonds is 11. The van der Waals surface area contributed by atoms with Gasteiger partial charge in [-0.2, -0.15) is 0 Å². The lowest BCUT2D eigenvalue weighted by Gasteiger charge is -2.51. The second kappa shape index (κ2) is 13.7. The van der Waals surface area contributed by atoms with E-state index < -0.39 is 23.8 Å². The van der Waals surface area contributed by atoms with Gasteiger partial charge in [0.05, 0.1) is 25.2 Å². The molecular weight excluding hydrogens is 578 g/mol. The van der Waals surface area contributed by atoms with E-state index in [0.717, 1.165) is 54.0 Å². The number of likely N-dealkylation sites (N-methyl/N-ethyl adjacent to an activating group) is 1. The van der Waals surface area contributed by atoms with Gasteiger partial charge in [0, 0.05) is 13.0 Å². The zero-order chi connectivity index (χ0) is 32.3. The largest absolute Gasteiger partial charge is 0.345 e. The fourth-order valence-corrected chi connectivity index (χ4v) is 7.53. The molecule has 242 valence electrons. The molecule has 9 nitrogen and oxygen atoms in total. The molecule has 3 N–H and O–H groups in total. The predicted molar refractivity (Wildman–Crippen MR) is 178 cm³/mol. The summed E-state index contributed by atoms with van der Waals surface area (Å²) in [5.74, 6) is -0.960. The highest BCUT2D eigenvalue weighted by atomic mass is 16.2. The van der Waals surface area contributed by atoms with Crippen molar-refractivity contribution in [3.63, 3.8) is 0 Å². The summed E-state index contributed by atoms with van der Waals surface area (Å²) in [6.45, 7) is 2.17. The minimum absolute atomic E-state index is 0.0398. The molecule has 0 radical (unpaired) electrons. The first-order chi connectivity index (χ1) is 22.3. The highest BCUT2D eigenvalue weighted by molar-refractivity contribution is 6.04. The lowest BCUT2D eigenvalue weighted by molar-refractivity contribution is -0.165. The van der Waals surface area contributed by atoms with Gasteiger partial charge in [0.1, 0.15) is 6.04 Å². The molecule has 0 spiro atoms. The highest BCUT2D eigenvalue weighted by Crippen LogP contribution is 2.36. The number of nitrogens with zero attached hydrogens (tertiary/aromatic N) is 2. The second-order valence-corrected chi connectivity index (χ2v) is 13.1. The number of ketones is 1. The van der Waals surface area contributed by atoms with E-state index in [4.69, 9.17) is 0 Å². The molecule has 6 rings (SSSR count). The number of hydrogen-bond donors (Lipinski definition) is 3. The molecule has 0 aromatic heterocycles. The average molecular weight is 624 g/mol. The Morgan fingerprint density at radius 1 is 0.935 bits per heavy atom. The van der Waals surface area contributed by atoms with Crippen LogP contribution >= 0.6 is 0 Å². The minimum atomic E-state index is -1.44. The monoisotopic (exact) mass is 623 g/mol. The van der Waals surface area contributed by atoms with Crippen LogP contribution in [0, 0.1) is 5.92 Å². The first-order valence-electron chi connectivity index (χ1n) is 16.7. The number of fused-ring (bicyclic) bond motifs is 2.